The van der Waals surface area contributed by atoms with Crippen molar-refractivity contribution in [3.8, 4) is 22.8 Å². The molecule has 1 aliphatic heterocycles. The largest absolute Gasteiger partial charge is 0.490 e. The zero-order valence-electron chi connectivity index (χ0n) is 23.3. The third kappa shape index (κ3) is 7.50. The molecule has 0 bridgehead atoms. The number of urea groups is 1. The Morgan fingerprint density at radius 3 is 2.74 bits per heavy atom. The lowest BCUT2D eigenvalue weighted by Gasteiger charge is -2.28. The number of carbonyl (C=O) groups excluding carboxylic acids is 2. The van der Waals surface area contributed by atoms with Gasteiger partial charge in [-0.25, -0.2) is 9.59 Å². The number of aliphatic hydroxyl groups excluding tert-OH is 1. The molecule has 0 unspecified atom stereocenters. The number of nitrogens with zero attached hydrogens (tertiary/aromatic N) is 2. The number of halogens is 1. The summed E-state index contributed by atoms with van der Waals surface area (Å²) in [6.07, 6.45) is 0.0760. The summed E-state index contributed by atoms with van der Waals surface area (Å²) in [5.41, 5.74) is 3.87. The van der Waals surface area contributed by atoms with Crippen LogP contribution < -0.4 is 25.5 Å². The Morgan fingerprint density at radius 2 is 2.02 bits per heavy atom. The van der Waals surface area contributed by atoms with E-state index >= 15 is 0 Å². The summed E-state index contributed by atoms with van der Waals surface area (Å²) in [6.45, 7) is 3.47. The van der Waals surface area contributed by atoms with Gasteiger partial charge in [0.2, 0.25) is 0 Å². The third-order valence-corrected chi connectivity index (χ3v) is 6.63. The number of allylic oxidation sites excluding steroid dienone is 1. The molecule has 15 heteroatoms. The monoisotopic (exact) mass is 657 g/mol. The maximum Gasteiger partial charge on any atom is 0.337 e. The van der Waals surface area contributed by atoms with Gasteiger partial charge in [-0.2, -0.15) is 5.10 Å². The van der Waals surface area contributed by atoms with Gasteiger partial charge in [0.1, 0.15) is 18.1 Å². The van der Waals surface area contributed by atoms with Crippen LogP contribution in [0.15, 0.2) is 73.8 Å². The second-order valence-corrected chi connectivity index (χ2v) is 9.95. The molecule has 0 saturated heterocycles. The van der Waals surface area contributed by atoms with Crippen molar-refractivity contribution in [2.24, 2.45) is 5.10 Å². The number of amides is 2. The molecule has 0 radical (unpaired) electrons. The van der Waals surface area contributed by atoms with E-state index in [1.165, 1.54) is 19.4 Å². The molecule has 1 aromatic heterocycles. The molecule has 2 atom stereocenters. The van der Waals surface area contributed by atoms with Crippen LogP contribution in [0.2, 0.25) is 0 Å². The second kappa shape index (κ2) is 13.8. The maximum atomic E-state index is 12.4. The minimum atomic E-state index is -1.23. The number of methoxy groups -OCH3 is 1. The molecule has 2 heterocycles. The Kier molecular flexibility index (Phi) is 10.0. The number of hydrogen-bond donors (Lipinski definition) is 4. The van der Waals surface area contributed by atoms with Crippen molar-refractivity contribution in [2.75, 3.05) is 20.3 Å². The van der Waals surface area contributed by atoms with Crippen molar-refractivity contribution in [3.63, 3.8) is 0 Å². The molecule has 2 amide bonds. The summed E-state index contributed by atoms with van der Waals surface area (Å²) in [4.78, 5) is 35.4. The van der Waals surface area contributed by atoms with E-state index in [0.717, 1.165) is 0 Å². The number of rotatable bonds is 12. The van der Waals surface area contributed by atoms with E-state index in [9.17, 15) is 24.8 Å². The highest BCUT2D eigenvalue weighted by Crippen LogP contribution is 2.35. The number of hydrazone groups is 1. The number of nitrogens with one attached hydrogen (secondary N) is 3. The fourth-order valence-corrected chi connectivity index (χ4v) is 4.59. The molecule has 0 fully saturated rings. The minimum absolute atomic E-state index is 0.117. The Morgan fingerprint density at radius 1 is 1.23 bits per heavy atom. The molecule has 43 heavy (non-hydrogen) atoms. The Labute approximate surface area is 254 Å². The van der Waals surface area contributed by atoms with E-state index in [1.54, 1.807) is 56.3 Å². The van der Waals surface area contributed by atoms with E-state index in [1.807, 2.05) is 0 Å². The summed E-state index contributed by atoms with van der Waals surface area (Å²) in [5.74, 6) is 0.620. The lowest BCUT2D eigenvalue weighted by molar-refractivity contribution is -0.384. The average Bonchev–Trinajstić information content (AvgIpc) is 3.44. The van der Waals surface area contributed by atoms with Crippen LogP contribution in [0, 0.1) is 10.1 Å². The molecule has 226 valence electrons. The predicted octanol–water partition coefficient (Wildman–Crippen LogP) is 4.14. The highest BCUT2D eigenvalue weighted by molar-refractivity contribution is 9.10. The van der Waals surface area contributed by atoms with Crippen LogP contribution in [-0.2, 0) is 9.53 Å². The first-order valence-electron chi connectivity index (χ1n) is 12.9. The number of esters is 1. The van der Waals surface area contributed by atoms with Gasteiger partial charge in [-0.3, -0.25) is 15.5 Å². The molecule has 2 aromatic carbocycles. The minimum Gasteiger partial charge on any atom is -0.490 e. The number of nitro benzene ring substituents is 1. The number of ether oxygens (including phenoxy) is 3. The maximum absolute atomic E-state index is 12.4. The highest BCUT2D eigenvalue weighted by Gasteiger charge is 2.32. The van der Waals surface area contributed by atoms with Crippen molar-refractivity contribution < 1.29 is 38.2 Å². The molecular formula is C28H28BrN5O9. The molecule has 0 aliphatic carbocycles. The summed E-state index contributed by atoms with van der Waals surface area (Å²) in [7, 11) is 1.26. The normalized spacial score (nSPS) is 15.5. The van der Waals surface area contributed by atoms with Crippen LogP contribution in [0.4, 0.5) is 10.5 Å². The smallest absolute Gasteiger partial charge is 0.337 e. The summed E-state index contributed by atoms with van der Waals surface area (Å²) < 4.78 is 22.6. The highest BCUT2D eigenvalue weighted by atomic mass is 79.9. The summed E-state index contributed by atoms with van der Waals surface area (Å²) in [5, 5.41) is 31.0. The first-order valence-corrected chi connectivity index (χ1v) is 13.7. The van der Waals surface area contributed by atoms with Crippen LogP contribution in [0.5, 0.6) is 11.5 Å². The molecule has 4 rings (SSSR count). The van der Waals surface area contributed by atoms with Crippen LogP contribution in [0.1, 0.15) is 31.2 Å². The van der Waals surface area contributed by atoms with E-state index in [-0.39, 0.29) is 23.6 Å². The molecule has 3 aromatic rings. The summed E-state index contributed by atoms with van der Waals surface area (Å²) in [6, 6.07) is 11.4. The quantitative estimate of drug-likeness (QED) is 0.0725. The average molecular weight is 658 g/mol. The molecule has 0 saturated carbocycles. The number of carbonyl (C=O) groups is 2. The fourth-order valence-electron chi connectivity index (χ4n) is 4.24. The first-order chi connectivity index (χ1) is 20.6. The van der Waals surface area contributed by atoms with Crippen molar-refractivity contribution >= 4 is 39.8 Å². The molecule has 1 aliphatic rings. The van der Waals surface area contributed by atoms with Gasteiger partial charge in [0.15, 0.2) is 17.7 Å². The zero-order chi connectivity index (χ0) is 31.1. The fraction of sp³-hybridized carbons (Fsp3) is 0.250. The van der Waals surface area contributed by atoms with Gasteiger partial charge in [-0.05, 0) is 55.8 Å². The zero-order valence-corrected chi connectivity index (χ0v) is 24.8. The van der Waals surface area contributed by atoms with Crippen molar-refractivity contribution in [3.05, 3.63) is 85.7 Å². The van der Waals surface area contributed by atoms with Crippen molar-refractivity contribution in [1.29, 1.82) is 0 Å². The number of nitro groups is 1. The number of aliphatic hydroxyl groups is 1. The molecule has 14 nitrogen and oxygen atoms in total. The van der Waals surface area contributed by atoms with Gasteiger partial charge in [-0.1, -0.05) is 22.0 Å². The lowest BCUT2D eigenvalue weighted by Crippen LogP contribution is -2.45. The van der Waals surface area contributed by atoms with Gasteiger partial charge >= 0.3 is 12.0 Å². The molecule has 4 N–H and O–H groups in total. The third-order valence-electron chi connectivity index (χ3n) is 6.14. The number of hydrogen-bond acceptors (Lipinski definition) is 11. The van der Waals surface area contributed by atoms with Crippen molar-refractivity contribution in [2.45, 2.75) is 26.1 Å². The van der Waals surface area contributed by atoms with Gasteiger partial charge in [0, 0.05) is 16.2 Å². The number of furan rings is 1. The van der Waals surface area contributed by atoms with Crippen LogP contribution in [0.3, 0.4) is 0 Å². The van der Waals surface area contributed by atoms with Gasteiger partial charge in [0.05, 0.1) is 42.0 Å². The van der Waals surface area contributed by atoms with E-state index in [2.05, 4.69) is 37.1 Å². The lowest BCUT2D eigenvalue weighted by atomic mass is 9.95. The molecular weight excluding hydrogens is 630 g/mol. The number of benzene rings is 2. The Bertz CT molecular complexity index is 1590. The van der Waals surface area contributed by atoms with Gasteiger partial charge < -0.3 is 34.4 Å². The van der Waals surface area contributed by atoms with Crippen LogP contribution >= 0.6 is 15.9 Å². The SMILES string of the molecule is CCOc1cc([C@H]2NC(=O)NC(C)=C2C(=O)OC)ccc1OC[C@H](O)N/N=C/c1ccc(-c2ccc(Br)cc2[N+](=O)[O-])o1. The summed E-state index contributed by atoms with van der Waals surface area (Å²) >= 11 is 3.22. The van der Waals surface area contributed by atoms with Crippen molar-refractivity contribution in [1.82, 2.24) is 16.1 Å². The van der Waals surface area contributed by atoms with E-state index in [0.29, 0.717) is 45.2 Å². The predicted molar refractivity (Wildman–Crippen MR) is 157 cm³/mol. The van der Waals surface area contributed by atoms with E-state index in [4.69, 9.17) is 18.6 Å². The van der Waals surface area contributed by atoms with E-state index < -0.39 is 29.2 Å². The topological polar surface area (TPSA) is 187 Å². The molecule has 0 spiro atoms. The van der Waals surface area contributed by atoms with Gasteiger partial charge in [0.25, 0.3) is 5.69 Å². The van der Waals surface area contributed by atoms with Crippen LogP contribution in [-0.4, -0.2) is 54.8 Å². The second-order valence-electron chi connectivity index (χ2n) is 9.04. The Hall–Kier alpha value is -4.89. The van der Waals surface area contributed by atoms with Gasteiger partial charge in [-0.15, -0.1) is 0 Å². The first kappa shape index (κ1) is 31.1. The Balaban J connectivity index is 1.40. The van der Waals surface area contributed by atoms with Crippen LogP contribution in [0.25, 0.3) is 11.3 Å². The standard InChI is InChI=1S/C28H28BrN5O9/c1-4-41-23-11-16(26-25(27(36)40-3)15(2)31-28(37)32-26)5-9-22(23)42-14-24(35)33-30-13-18-7-10-21(43-18)19-8-6-17(29)12-20(19)34(38)39/h5-13,24,26,33,35H,4,14H2,1-3H3,(H2,31,32,37)/b30-13+/t24-,26+/m0/s1.